The maximum atomic E-state index is 13.9. The number of hydrogen-bond acceptors (Lipinski definition) is 3. The Bertz CT molecular complexity index is 658. The SMILES string of the molecule is CCCCN(C)C(=O)C1CC1C(=O)N1CCN(c2ccccc2F)CC1. The molecule has 1 aliphatic heterocycles. The van der Waals surface area contributed by atoms with Crippen LogP contribution in [0.4, 0.5) is 10.1 Å². The summed E-state index contributed by atoms with van der Waals surface area (Å²) in [5.41, 5.74) is 0.594. The van der Waals surface area contributed by atoms with Crippen molar-refractivity contribution in [1.29, 1.82) is 0 Å². The molecule has 2 aliphatic rings. The molecule has 1 aromatic rings. The number of piperazine rings is 1. The molecule has 0 aromatic heterocycles. The third kappa shape index (κ3) is 4.00. The summed E-state index contributed by atoms with van der Waals surface area (Å²) in [5.74, 6) is -0.349. The third-order valence-electron chi connectivity index (χ3n) is 5.43. The van der Waals surface area contributed by atoms with E-state index in [1.807, 2.05) is 22.9 Å². The third-order valence-corrected chi connectivity index (χ3v) is 5.43. The predicted octanol–water partition coefficient (Wildman–Crippen LogP) is 2.37. The zero-order valence-corrected chi connectivity index (χ0v) is 15.7. The van der Waals surface area contributed by atoms with Gasteiger partial charge in [0.25, 0.3) is 0 Å². The highest BCUT2D eigenvalue weighted by molar-refractivity contribution is 5.92. The molecule has 0 spiro atoms. The molecule has 1 saturated heterocycles. The average Bonchev–Trinajstić information content (AvgIpc) is 3.46. The fourth-order valence-electron chi connectivity index (χ4n) is 3.64. The molecule has 2 atom stereocenters. The molecule has 6 heteroatoms. The monoisotopic (exact) mass is 361 g/mol. The number of hydrogen-bond donors (Lipinski definition) is 0. The van der Waals surface area contributed by atoms with Gasteiger partial charge in [-0.3, -0.25) is 9.59 Å². The van der Waals surface area contributed by atoms with Gasteiger partial charge < -0.3 is 14.7 Å². The van der Waals surface area contributed by atoms with Gasteiger partial charge in [-0.15, -0.1) is 0 Å². The van der Waals surface area contributed by atoms with Crippen molar-refractivity contribution in [3.8, 4) is 0 Å². The van der Waals surface area contributed by atoms with Gasteiger partial charge in [-0.25, -0.2) is 4.39 Å². The minimum absolute atomic E-state index is 0.0837. The predicted molar refractivity (Wildman–Crippen MR) is 99.3 cm³/mol. The van der Waals surface area contributed by atoms with Crippen LogP contribution in [0.2, 0.25) is 0 Å². The summed E-state index contributed by atoms with van der Waals surface area (Å²) in [7, 11) is 1.82. The molecular formula is C20H28FN3O2. The number of unbranched alkanes of at least 4 members (excludes halogenated alkanes) is 1. The zero-order valence-electron chi connectivity index (χ0n) is 15.7. The van der Waals surface area contributed by atoms with E-state index < -0.39 is 0 Å². The van der Waals surface area contributed by atoms with Crippen LogP contribution in [-0.2, 0) is 9.59 Å². The number of amides is 2. The van der Waals surface area contributed by atoms with E-state index in [2.05, 4.69) is 6.92 Å². The van der Waals surface area contributed by atoms with Crippen molar-refractivity contribution in [2.45, 2.75) is 26.2 Å². The number of rotatable bonds is 6. The molecule has 0 bridgehead atoms. The van der Waals surface area contributed by atoms with E-state index in [0.29, 0.717) is 38.3 Å². The Morgan fingerprint density at radius 1 is 1.15 bits per heavy atom. The molecule has 2 unspecified atom stereocenters. The molecule has 1 aliphatic carbocycles. The summed E-state index contributed by atoms with van der Waals surface area (Å²) in [5, 5.41) is 0. The van der Waals surface area contributed by atoms with E-state index in [4.69, 9.17) is 0 Å². The van der Waals surface area contributed by atoms with Gasteiger partial charge in [0, 0.05) is 39.8 Å². The van der Waals surface area contributed by atoms with Crippen LogP contribution >= 0.6 is 0 Å². The second-order valence-corrected chi connectivity index (χ2v) is 7.33. The molecule has 3 rings (SSSR count). The largest absolute Gasteiger partial charge is 0.366 e. The Morgan fingerprint density at radius 3 is 2.50 bits per heavy atom. The maximum absolute atomic E-state index is 13.9. The van der Waals surface area contributed by atoms with Gasteiger partial charge in [0.2, 0.25) is 11.8 Å². The molecule has 1 saturated carbocycles. The smallest absolute Gasteiger partial charge is 0.226 e. The van der Waals surface area contributed by atoms with Gasteiger partial charge in [0.05, 0.1) is 17.5 Å². The van der Waals surface area contributed by atoms with Crippen LogP contribution < -0.4 is 4.90 Å². The van der Waals surface area contributed by atoms with E-state index in [1.165, 1.54) is 6.07 Å². The lowest BCUT2D eigenvalue weighted by atomic mass is 10.2. The zero-order chi connectivity index (χ0) is 18.7. The van der Waals surface area contributed by atoms with Crippen LogP contribution in [0.3, 0.4) is 0 Å². The van der Waals surface area contributed by atoms with Crippen molar-refractivity contribution in [3.05, 3.63) is 30.1 Å². The molecule has 5 nitrogen and oxygen atoms in total. The first-order valence-electron chi connectivity index (χ1n) is 9.56. The highest BCUT2D eigenvalue weighted by atomic mass is 19.1. The van der Waals surface area contributed by atoms with Gasteiger partial charge in [0.1, 0.15) is 5.82 Å². The number of halogens is 1. The summed E-state index contributed by atoms with van der Waals surface area (Å²) in [6.07, 6.45) is 2.71. The molecule has 0 radical (unpaired) electrons. The van der Waals surface area contributed by atoms with Crippen LogP contribution in [0.5, 0.6) is 0 Å². The molecule has 1 heterocycles. The Hall–Kier alpha value is -2.11. The van der Waals surface area contributed by atoms with Gasteiger partial charge in [0.15, 0.2) is 0 Å². The summed E-state index contributed by atoms with van der Waals surface area (Å²) < 4.78 is 13.9. The van der Waals surface area contributed by atoms with E-state index >= 15 is 0 Å². The number of benzene rings is 1. The summed E-state index contributed by atoms with van der Waals surface area (Å²) in [4.78, 5) is 30.6. The van der Waals surface area contributed by atoms with Crippen LogP contribution in [0, 0.1) is 17.7 Å². The van der Waals surface area contributed by atoms with Gasteiger partial charge in [-0.05, 0) is 25.0 Å². The first kappa shape index (κ1) is 18.7. The summed E-state index contributed by atoms with van der Waals surface area (Å²) in [6.45, 7) is 5.26. The van der Waals surface area contributed by atoms with E-state index in [1.54, 1.807) is 17.0 Å². The summed E-state index contributed by atoms with van der Waals surface area (Å²) in [6, 6.07) is 6.74. The lowest BCUT2D eigenvalue weighted by molar-refractivity contribution is -0.137. The Kier molecular flexibility index (Phi) is 5.79. The van der Waals surface area contributed by atoms with E-state index in [-0.39, 0.29) is 29.5 Å². The number of para-hydroxylation sites is 1. The second-order valence-electron chi connectivity index (χ2n) is 7.33. The van der Waals surface area contributed by atoms with Crippen molar-refractivity contribution >= 4 is 17.5 Å². The van der Waals surface area contributed by atoms with Crippen molar-refractivity contribution in [3.63, 3.8) is 0 Å². The molecule has 142 valence electrons. The number of anilines is 1. The van der Waals surface area contributed by atoms with E-state index in [0.717, 1.165) is 19.4 Å². The molecule has 1 aromatic carbocycles. The van der Waals surface area contributed by atoms with E-state index in [9.17, 15) is 14.0 Å². The minimum atomic E-state index is -0.227. The quantitative estimate of drug-likeness (QED) is 0.781. The van der Waals surface area contributed by atoms with Gasteiger partial charge >= 0.3 is 0 Å². The summed E-state index contributed by atoms with van der Waals surface area (Å²) >= 11 is 0. The first-order valence-corrected chi connectivity index (χ1v) is 9.56. The normalized spacial score (nSPS) is 22.3. The van der Waals surface area contributed by atoms with Crippen molar-refractivity contribution in [2.75, 3.05) is 44.7 Å². The van der Waals surface area contributed by atoms with Crippen molar-refractivity contribution in [1.82, 2.24) is 9.80 Å². The van der Waals surface area contributed by atoms with Crippen LogP contribution in [0.15, 0.2) is 24.3 Å². The maximum Gasteiger partial charge on any atom is 0.226 e. The van der Waals surface area contributed by atoms with Crippen LogP contribution in [0.1, 0.15) is 26.2 Å². The highest BCUT2D eigenvalue weighted by Gasteiger charge is 2.50. The number of nitrogens with zero attached hydrogens (tertiary/aromatic N) is 3. The fourth-order valence-corrected chi connectivity index (χ4v) is 3.64. The van der Waals surface area contributed by atoms with Crippen molar-refractivity contribution in [2.24, 2.45) is 11.8 Å². The highest BCUT2D eigenvalue weighted by Crippen LogP contribution is 2.41. The average molecular weight is 361 g/mol. The van der Waals surface area contributed by atoms with Crippen LogP contribution in [0.25, 0.3) is 0 Å². The lowest BCUT2D eigenvalue weighted by Crippen LogP contribution is -2.49. The Labute approximate surface area is 154 Å². The molecule has 26 heavy (non-hydrogen) atoms. The number of carbonyl (C=O) groups excluding carboxylic acids is 2. The topological polar surface area (TPSA) is 43.9 Å². The first-order chi connectivity index (χ1) is 12.5. The van der Waals surface area contributed by atoms with Crippen molar-refractivity contribution < 1.29 is 14.0 Å². The minimum Gasteiger partial charge on any atom is -0.366 e. The molecule has 2 fully saturated rings. The van der Waals surface area contributed by atoms with Gasteiger partial charge in [-0.2, -0.15) is 0 Å². The standard InChI is InChI=1S/C20H28FN3O2/c1-3-4-9-22(2)19(25)15-14-16(15)20(26)24-12-10-23(11-13-24)18-8-6-5-7-17(18)21/h5-8,15-16H,3-4,9-14H2,1-2H3. The fraction of sp³-hybridized carbons (Fsp3) is 0.600. The molecule has 2 amide bonds. The number of carbonyl (C=O) groups is 2. The van der Waals surface area contributed by atoms with Gasteiger partial charge in [-0.1, -0.05) is 25.5 Å². The Balaban J connectivity index is 1.49. The Morgan fingerprint density at radius 2 is 1.85 bits per heavy atom. The molecular weight excluding hydrogens is 333 g/mol. The van der Waals surface area contributed by atoms with Crippen LogP contribution in [-0.4, -0.2) is 61.4 Å². The molecule has 0 N–H and O–H groups in total. The second kappa shape index (κ2) is 8.06. The lowest BCUT2D eigenvalue weighted by Gasteiger charge is -2.36.